The Bertz CT molecular complexity index is 782. The van der Waals surface area contributed by atoms with Crippen molar-refractivity contribution >= 4 is 12.3 Å². The van der Waals surface area contributed by atoms with E-state index in [1.807, 2.05) is 12.1 Å². The van der Waals surface area contributed by atoms with Crippen LogP contribution < -0.4 is 0 Å². The zero-order valence-electron chi connectivity index (χ0n) is 17.5. The van der Waals surface area contributed by atoms with Crippen molar-refractivity contribution in [2.24, 2.45) is 0 Å². The van der Waals surface area contributed by atoms with Gasteiger partial charge in [0.2, 0.25) is 0 Å². The number of nitriles is 1. The summed E-state index contributed by atoms with van der Waals surface area (Å²) in [7, 11) is 0. The van der Waals surface area contributed by atoms with E-state index in [1.165, 1.54) is 0 Å². The van der Waals surface area contributed by atoms with Crippen LogP contribution in [0.5, 0.6) is 0 Å². The van der Waals surface area contributed by atoms with E-state index >= 15 is 0 Å². The molecule has 0 fully saturated rings. The number of unbranched alkanes of at least 4 members (excludes halogenated alkanes) is 3. The summed E-state index contributed by atoms with van der Waals surface area (Å²) in [5, 5.41) is 8.91. The van der Waals surface area contributed by atoms with E-state index in [2.05, 4.69) is 13.2 Å². The van der Waals surface area contributed by atoms with Crippen LogP contribution in [-0.2, 0) is 23.8 Å². The summed E-state index contributed by atoms with van der Waals surface area (Å²) >= 11 is 0. The second kappa shape index (κ2) is 13.8. The second-order valence-corrected chi connectivity index (χ2v) is 6.61. The molecule has 1 rings (SSSR count). The zero-order chi connectivity index (χ0) is 22.2. The first kappa shape index (κ1) is 24.7. The highest BCUT2D eigenvalue weighted by Gasteiger charge is 2.30. The summed E-state index contributed by atoms with van der Waals surface area (Å²) in [6, 6.07) is 2.03. The summed E-state index contributed by atoms with van der Waals surface area (Å²) in [6.07, 6.45) is 15.8. The monoisotopic (exact) mass is 411 g/mol. The molecule has 0 radical (unpaired) electrons. The normalized spacial score (nSPS) is 18.3. The van der Waals surface area contributed by atoms with Gasteiger partial charge in [-0.05, 0) is 63.0 Å². The first-order chi connectivity index (χ1) is 14.5. The Morgan fingerprint density at radius 1 is 1.27 bits per heavy atom. The van der Waals surface area contributed by atoms with Gasteiger partial charge in [-0.25, -0.2) is 4.79 Å². The van der Waals surface area contributed by atoms with Crippen molar-refractivity contribution in [3.8, 4) is 6.07 Å². The first-order valence-electron chi connectivity index (χ1n) is 9.88. The molecule has 0 saturated carbocycles. The van der Waals surface area contributed by atoms with Crippen LogP contribution in [-0.4, -0.2) is 31.1 Å². The van der Waals surface area contributed by atoms with Gasteiger partial charge in [0.15, 0.2) is 11.9 Å². The van der Waals surface area contributed by atoms with E-state index in [1.54, 1.807) is 37.3 Å². The molecule has 0 amide bonds. The standard InChI is InChI=1S/C24H29NO5/c1-4-21(18-25)11-10-20(3)30-24(19-26)14-12-22(13-15-24)28-16-8-6-7-9-17-29-23(27)5-2/h4-5,10-14,19H,2-3,6-9,15-17H2,1H3/b11-10-,21-4+. The fourth-order valence-electron chi connectivity index (χ4n) is 2.55. The maximum absolute atomic E-state index is 11.6. The minimum Gasteiger partial charge on any atom is -0.494 e. The Hall–Kier alpha value is -3.33. The summed E-state index contributed by atoms with van der Waals surface area (Å²) in [6.45, 7) is 9.86. The van der Waals surface area contributed by atoms with Crippen LogP contribution in [0, 0.1) is 11.3 Å². The Kier molecular flexibility index (Phi) is 11.3. The number of hydrogen-bond acceptors (Lipinski definition) is 6. The van der Waals surface area contributed by atoms with E-state index in [9.17, 15) is 9.59 Å². The molecule has 0 N–H and O–H groups in total. The number of ether oxygens (including phenoxy) is 3. The molecule has 1 aliphatic rings. The van der Waals surface area contributed by atoms with Crippen molar-refractivity contribution in [2.45, 2.75) is 44.6 Å². The smallest absolute Gasteiger partial charge is 0.330 e. The molecule has 6 nitrogen and oxygen atoms in total. The van der Waals surface area contributed by atoms with Crippen LogP contribution in [0.1, 0.15) is 39.0 Å². The number of carbonyl (C=O) groups is 2. The number of rotatable bonds is 14. The quantitative estimate of drug-likeness (QED) is 0.0788. The van der Waals surface area contributed by atoms with Crippen LogP contribution >= 0.6 is 0 Å². The van der Waals surface area contributed by atoms with Crippen LogP contribution in [0.3, 0.4) is 0 Å². The summed E-state index contributed by atoms with van der Waals surface area (Å²) < 4.78 is 16.3. The van der Waals surface area contributed by atoms with Crippen molar-refractivity contribution in [2.75, 3.05) is 13.2 Å². The molecule has 0 aromatic carbocycles. The maximum atomic E-state index is 11.6. The SMILES string of the molecule is C=CC(=O)OCCCCCCOC1=CCC(C=O)(OC(=C)/C=C\C(C#N)=C/C)C=C1. The van der Waals surface area contributed by atoms with Gasteiger partial charge in [0, 0.05) is 18.1 Å². The molecule has 6 heteroatoms. The van der Waals surface area contributed by atoms with Gasteiger partial charge in [-0.15, -0.1) is 0 Å². The van der Waals surface area contributed by atoms with Crippen molar-refractivity contribution in [1.29, 1.82) is 5.26 Å². The van der Waals surface area contributed by atoms with E-state index in [0.29, 0.717) is 31.0 Å². The van der Waals surface area contributed by atoms with Crippen molar-refractivity contribution < 1.29 is 23.8 Å². The molecule has 0 saturated heterocycles. The van der Waals surface area contributed by atoms with Crippen LogP contribution in [0.4, 0.5) is 0 Å². The molecule has 160 valence electrons. The Balaban J connectivity index is 2.34. The maximum Gasteiger partial charge on any atom is 0.330 e. The molecule has 1 aliphatic carbocycles. The fourth-order valence-corrected chi connectivity index (χ4v) is 2.55. The predicted octanol–water partition coefficient (Wildman–Crippen LogP) is 4.63. The van der Waals surface area contributed by atoms with E-state index in [4.69, 9.17) is 19.5 Å². The number of nitrogens with zero attached hydrogens (tertiary/aromatic N) is 1. The second-order valence-electron chi connectivity index (χ2n) is 6.61. The van der Waals surface area contributed by atoms with Crippen molar-refractivity contribution in [3.05, 3.63) is 72.8 Å². The molecular formula is C24H29NO5. The third kappa shape index (κ3) is 9.24. The Morgan fingerprint density at radius 2 is 2.00 bits per heavy atom. The molecule has 0 bridgehead atoms. The van der Waals surface area contributed by atoms with E-state index in [0.717, 1.165) is 38.0 Å². The topological polar surface area (TPSA) is 85.6 Å². The van der Waals surface area contributed by atoms with Gasteiger partial charge in [-0.1, -0.05) is 19.2 Å². The third-order valence-corrected chi connectivity index (χ3v) is 4.28. The number of hydrogen-bond donors (Lipinski definition) is 0. The minimum absolute atomic E-state index is 0.290. The van der Waals surface area contributed by atoms with E-state index in [-0.39, 0.29) is 5.76 Å². The van der Waals surface area contributed by atoms with Crippen LogP contribution in [0.15, 0.2) is 72.8 Å². The van der Waals surface area contributed by atoms with Gasteiger partial charge in [-0.2, -0.15) is 5.26 Å². The fraction of sp³-hybridized carbons (Fsp3) is 0.375. The Labute approximate surface area is 178 Å². The molecule has 0 spiro atoms. The summed E-state index contributed by atoms with van der Waals surface area (Å²) in [5.74, 6) is 0.588. The molecular weight excluding hydrogens is 382 g/mol. The lowest BCUT2D eigenvalue weighted by Gasteiger charge is -2.27. The summed E-state index contributed by atoms with van der Waals surface area (Å²) in [5.41, 5.74) is -0.646. The van der Waals surface area contributed by atoms with Gasteiger partial charge in [-0.3, -0.25) is 4.79 Å². The number of allylic oxidation sites excluding steroid dienone is 5. The van der Waals surface area contributed by atoms with Gasteiger partial charge < -0.3 is 14.2 Å². The first-order valence-corrected chi connectivity index (χ1v) is 9.88. The van der Waals surface area contributed by atoms with Gasteiger partial charge in [0.1, 0.15) is 11.5 Å². The highest BCUT2D eigenvalue weighted by molar-refractivity contribution is 5.81. The molecule has 30 heavy (non-hydrogen) atoms. The molecule has 0 aromatic heterocycles. The highest BCUT2D eigenvalue weighted by Crippen LogP contribution is 2.26. The minimum atomic E-state index is -1.13. The van der Waals surface area contributed by atoms with Gasteiger partial charge >= 0.3 is 5.97 Å². The lowest BCUT2D eigenvalue weighted by molar-refractivity contribution is -0.137. The summed E-state index contributed by atoms with van der Waals surface area (Å²) in [4.78, 5) is 22.5. The lowest BCUT2D eigenvalue weighted by atomic mass is 9.96. The number of aldehydes is 1. The molecule has 0 heterocycles. The predicted molar refractivity (Wildman–Crippen MR) is 115 cm³/mol. The third-order valence-electron chi connectivity index (χ3n) is 4.28. The average Bonchev–Trinajstić information content (AvgIpc) is 2.77. The van der Waals surface area contributed by atoms with Gasteiger partial charge in [0.25, 0.3) is 0 Å². The van der Waals surface area contributed by atoms with E-state index < -0.39 is 11.6 Å². The molecule has 0 aromatic rings. The molecule has 0 aliphatic heterocycles. The lowest BCUT2D eigenvalue weighted by Crippen LogP contribution is -2.32. The van der Waals surface area contributed by atoms with Gasteiger partial charge in [0.05, 0.1) is 19.3 Å². The molecule has 1 unspecified atom stereocenters. The number of esters is 1. The zero-order valence-corrected chi connectivity index (χ0v) is 17.5. The molecule has 1 atom stereocenters. The van der Waals surface area contributed by atoms with Crippen LogP contribution in [0.2, 0.25) is 0 Å². The van der Waals surface area contributed by atoms with Crippen LogP contribution in [0.25, 0.3) is 0 Å². The number of carbonyl (C=O) groups excluding carboxylic acids is 2. The van der Waals surface area contributed by atoms with Crippen molar-refractivity contribution in [3.63, 3.8) is 0 Å². The Morgan fingerprint density at radius 3 is 2.57 bits per heavy atom. The highest BCUT2D eigenvalue weighted by atomic mass is 16.5. The average molecular weight is 411 g/mol. The van der Waals surface area contributed by atoms with Crippen molar-refractivity contribution in [1.82, 2.24) is 0 Å². The largest absolute Gasteiger partial charge is 0.494 e.